The maximum Gasteiger partial charge on any atom is 0.407 e. The number of aromatic nitrogens is 1. The van der Waals surface area contributed by atoms with Crippen molar-refractivity contribution in [3.05, 3.63) is 76.6 Å². The molecule has 0 aliphatic rings. The number of nitrogens with one attached hydrogen (secondary N) is 1. The quantitative estimate of drug-likeness (QED) is 0.233. The molecule has 2 aromatic carbocycles. The predicted molar refractivity (Wildman–Crippen MR) is 157 cm³/mol. The van der Waals surface area contributed by atoms with E-state index in [1.54, 1.807) is 24.3 Å². The number of esters is 1. The van der Waals surface area contributed by atoms with Crippen molar-refractivity contribution in [2.45, 2.75) is 87.5 Å². The van der Waals surface area contributed by atoms with Gasteiger partial charge in [-0.25, -0.2) is 4.79 Å². The molecule has 1 heterocycles. The highest BCUT2D eigenvalue weighted by Crippen LogP contribution is 2.35. The lowest BCUT2D eigenvalue weighted by Gasteiger charge is -2.26. The minimum absolute atomic E-state index is 0.0215. The van der Waals surface area contributed by atoms with Gasteiger partial charge in [-0.15, -0.1) is 0 Å². The van der Waals surface area contributed by atoms with Gasteiger partial charge in [0.2, 0.25) is 0 Å². The third-order valence-corrected chi connectivity index (χ3v) is 6.01. The van der Waals surface area contributed by atoms with Gasteiger partial charge in [-0.1, -0.05) is 50.6 Å². The number of benzene rings is 2. The minimum Gasteiger partial charge on any atom is -0.489 e. The van der Waals surface area contributed by atoms with Crippen LogP contribution in [0.25, 0.3) is 11.1 Å². The largest absolute Gasteiger partial charge is 0.489 e. The second kappa shape index (κ2) is 12.5. The highest BCUT2D eigenvalue weighted by atomic mass is 16.6. The zero-order valence-corrected chi connectivity index (χ0v) is 25.2. The fraction of sp³-hybridized carbons (Fsp3) is 0.424. The molecule has 0 unspecified atom stereocenters. The summed E-state index contributed by atoms with van der Waals surface area (Å²) < 4.78 is 16.9. The number of pyridine rings is 1. The van der Waals surface area contributed by atoms with E-state index >= 15 is 0 Å². The number of nitrogens with zero attached hydrogens (tertiary/aromatic N) is 1. The van der Waals surface area contributed by atoms with E-state index in [9.17, 15) is 9.59 Å². The SMILES string of the molecule is CC(=O)Oc1ccc(OCc2c(C)nc(CC(C)(C)C)c(CNC(=O)OC(C)(C)C)c2-c2ccc(C)cc2)cc1. The van der Waals surface area contributed by atoms with Crippen LogP contribution in [0.5, 0.6) is 11.5 Å². The highest BCUT2D eigenvalue weighted by Gasteiger charge is 2.24. The Morgan fingerprint density at radius 3 is 2.00 bits per heavy atom. The van der Waals surface area contributed by atoms with Crippen molar-refractivity contribution >= 4 is 12.1 Å². The summed E-state index contributed by atoms with van der Waals surface area (Å²) in [5, 5.41) is 2.96. The number of hydrogen-bond acceptors (Lipinski definition) is 6. The Hall–Kier alpha value is -3.87. The van der Waals surface area contributed by atoms with Gasteiger partial charge in [-0.2, -0.15) is 0 Å². The van der Waals surface area contributed by atoms with Crippen molar-refractivity contribution in [3.8, 4) is 22.6 Å². The molecule has 0 saturated carbocycles. The number of alkyl carbamates (subject to hydrolysis) is 1. The van der Waals surface area contributed by atoms with Crippen LogP contribution in [0.1, 0.15) is 76.5 Å². The van der Waals surface area contributed by atoms with Gasteiger partial charge in [0.1, 0.15) is 23.7 Å². The molecule has 0 radical (unpaired) electrons. The van der Waals surface area contributed by atoms with Crippen LogP contribution in [0.3, 0.4) is 0 Å². The standard InChI is InChI=1S/C33H42N2O5/c1-21-10-12-24(13-11-21)30-27(19-34-31(37)40-33(7,8)9)29(18-32(4,5)6)35-22(2)28(30)20-38-25-14-16-26(17-15-25)39-23(3)36/h10-17H,18-20H2,1-9H3,(H,34,37). The van der Waals surface area contributed by atoms with E-state index in [4.69, 9.17) is 19.2 Å². The van der Waals surface area contributed by atoms with Crippen LogP contribution < -0.4 is 14.8 Å². The second-order valence-corrected chi connectivity index (χ2v) is 12.3. The zero-order valence-electron chi connectivity index (χ0n) is 25.2. The molecule has 0 bridgehead atoms. The first-order chi connectivity index (χ1) is 18.6. The summed E-state index contributed by atoms with van der Waals surface area (Å²) >= 11 is 0. The van der Waals surface area contributed by atoms with Crippen molar-refractivity contribution in [2.75, 3.05) is 0 Å². The van der Waals surface area contributed by atoms with Gasteiger partial charge >= 0.3 is 12.1 Å². The van der Waals surface area contributed by atoms with E-state index in [0.717, 1.165) is 45.6 Å². The molecule has 0 aliphatic heterocycles. The summed E-state index contributed by atoms with van der Waals surface area (Å²) in [6.45, 7) is 18.0. The maximum absolute atomic E-state index is 12.7. The molecule has 0 aliphatic carbocycles. The number of carbonyl (C=O) groups is 2. The molecule has 0 fully saturated rings. The van der Waals surface area contributed by atoms with Gasteiger partial charge in [0.25, 0.3) is 0 Å². The van der Waals surface area contributed by atoms with Crippen molar-refractivity contribution in [1.29, 1.82) is 0 Å². The monoisotopic (exact) mass is 546 g/mol. The lowest BCUT2D eigenvalue weighted by Crippen LogP contribution is -2.33. The van der Waals surface area contributed by atoms with E-state index in [1.807, 2.05) is 27.7 Å². The number of ether oxygens (including phenoxy) is 3. The number of aryl methyl sites for hydroxylation is 2. The smallest absolute Gasteiger partial charge is 0.407 e. The molecule has 0 atom stereocenters. The Labute approximate surface area is 238 Å². The van der Waals surface area contributed by atoms with Crippen LogP contribution in [-0.4, -0.2) is 22.6 Å². The van der Waals surface area contributed by atoms with Crippen LogP contribution in [0.4, 0.5) is 4.79 Å². The number of rotatable bonds is 8. The van der Waals surface area contributed by atoms with E-state index in [2.05, 4.69) is 57.3 Å². The summed E-state index contributed by atoms with van der Waals surface area (Å²) in [6.07, 6.45) is 0.256. The van der Waals surface area contributed by atoms with Gasteiger partial charge in [-0.05, 0) is 81.8 Å². The highest BCUT2D eigenvalue weighted by molar-refractivity contribution is 5.74. The molecule has 7 heteroatoms. The first-order valence-electron chi connectivity index (χ1n) is 13.6. The van der Waals surface area contributed by atoms with Gasteiger partial charge < -0.3 is 19.5 Å². The molecule has 7 nitrogen and oxygen atoms in total. The summed E-state index contributed by atoms with van der Waals surface area (Å²) in [5.41, 5.74) is 6.24. The molecule has 0 saturated heterocycles. The number of hydrogen-bond donors (Lipinski definition) is 1. The third-order valence-electron chi connectivity index (χ3n) is 6.01. The topological polar surface area (TPSA) is 86.8 Å². The summed E-state index contributed by atoms with van der Waals surface area (Å²) in [5.74, 6) is 0.721. The Kier molecular flexibility index (Phi) is 9.61. The van der Waals surface area contributed by atoms with E-state index in [-0.39, 0.29) is 24.5 Å². The normalized spacial score (nSPS) is 11.6. The molecule has 214 valence electrons. The average molecular weight is 547 g/mol. The summed E-state index contributed by atoms with van der Waals surface area (Å²) in [4.78, 5) is 29.0. The second-order valence-electron chi connectivity index (χ2n) is 12.3. The van der Waals surface area contributed by atoms with Gasteiger partial charge in [0.15, 0.2) is 0 Å². The molecule has 1 aromatic heterocycles. The first kappa shape index (κ1) is 30.7. The first-order valence-corrected chi connectivity index (χ1v) is 13.6. The Morgan fingerprint density at radius 2 is 1.45 bits per heavy atom. The molecule has 1 amide bonds. The molecule has 3 aromatic rings. The van der Waals surface area contributed by atoms with Crippen molar-refractivity contribution in [2.24, 2.45) is 5.41 Å². The summed E-state index contributed by atoms with van der Waals surface area (Å²) in [7, 11) is 0. The molecule has 3 rings (SSSR count). The van der Waals surface area contributed by atoms with Gasteiger partial charge in [0.05, 0.1) is 0 Å². The third kappa shape index (κ3) is 9.11. The zero-order chi connectivity index (χ0) is 29.7. The fourth-order valence-electron chi connectivity index (χ4n) is 4.33. The number of carbonyl (C=O) groups excluding carboxylic acids is 2. The van der Waals surface area contributed by atoms with Crippen LogP contribution in [-0.2, 0) is 29.1 Å². The van der Waals surface area contributed by atoms with Crippen LogP contribution >= 0.6 is 0 Å². The lowest BCUT2D eigenvalue weighted by atomic mass is 9.85. The van der Waals surface area contributed by atoms with Gasteiger partial charge in [0, 0.05) is 36.0 Å². The molecule has 40 heavy (non-hydrogen) atoms. The van der Waals surface area contributed by atoms with Crippen molar-refractivity contribution in [3.63, 3.8) is 0 Å². The molecule has 1 N–H and O–H groups in total. The summed E-state index contributed by atoms with van der Waals surface area (Å²) in [6, 6.07) is 15.3. The molecular formula is C33H42N2O5. The van der Waals surface area contributed by atoms with Crippen LogP contribution in [0.15, 0.2) is 48.5 Å². The maximum atomic E-state index is 12.7. The lowest BCUT2D eigenvalue weighted by molar-refractivity contribution is -0.131. The molecular weight excluding hydrogens is 504 g/mol. The van der Waals surface area contributed by atoms with Crippen molar-refractivity contribution in [1.82, 2.24) is 10.3 Å². The Bertz CT molecular complexity index is 1330. The number of amides is 1. The Morgan fingerprint density at radius 1 is 0.850 bits per heavy atom. The van der Waals surface area contributed by atoms with E-state index < -0.39 is 11.7 Å². The fourth-order valence-corrected chi connectivity index (χ4v) is 4.33. The minimum atomic E-state index is -0.604. The van der Waals surface area contributed by atoms with Crippen LogP contribution in [0.2, 0.25) is 0 Å². The Balaban J connectivity index is 2.08. The van der Waals surface area contributed by atoms with Crippen molar-refractivity contribution < 1.29 is 23.8 Å². The van der Waals surface area contributed by atoms with E-state index in [0.29, 0.717) is 11.5 Å². The van der Waals surface area contributed by atoms with Crippen LogP contribution in [0, 0.1) is 19.3 Å². The van der Waals surface area contributed by atoms with E-state index in [1.165, 1.54) is 6.92 Å². The molecule has 0 spiro atoms. The average Bonchev–Trinajstić information content (AvgIpc) is 2.81. The predicted octanol–water partition coefficient (Wildman–Crippen LogP) is 7.48. The van der Waals surface area contributed by atoms with Gasteiger partial charge in [-0.3, -0.25) is 9.78 Å².